The van der Waals surface area contributed by atoms with Gasteiger partial charge in [-0.2, -0.15) is 0 Å². The lowest BCUT2D eigenvalue weighted by Gasteiger charge is -2.12. The predicted octanol–water partition coefficient (Wildman–Crippen LogP) is 4.75. The number of rotatable bonds is 7. The number of ether oxygens (including phenoxy) is 2. The number of nitrogens with one attached hydrogen (secondary N) is 1. The van der Waals surface area contributed by atoms with Crippen molar-refractivity contribution in [2.75, 3.05) is 11.9 Å². The third kappa shape index (κ3) is 4.89. The molecule has 0 saturated heterocycles. The molecule has 0 aliphatic heterocycles. The van der Waals surface area contributed by atoms with E-state index in [1.807, 2.05) is 30.3 Å². The highest BCUT2D eigenvalue weighted by Gasteiger charge is 2.16. The Labute approximate surface area is 183 Å². The number of anilines is 1. The fourth-order valence-electron chi connectivity index (χ4n) is 3.16. The van der Waals surface area contributed by atoms with Crippen LogP contribution >= 0.6 is 0 Å². The van der Waals surface area contributed by atoms with E-state index in [0.29, 0.717) is 0 Å². The molecule has 160 valence electrons. The van der Waals surface area contributed by atoms with Gasteiger partial charge in [0.25, 0.3) is 5.91 Å². The van der Waals surface area contributed by atoms with E-state index < -0.39 is 24.3 Å². The summed E-state index contributed by atoms with van der Waals surface area (Å²) in [7, 11) is 0. The first kappa shape index (κ1) is 21.0. The van der Waals surface area contributed by atoms with E-state index in [9.17, 15) is 14.0 Å². The Morgan fingerprint density at radius 2 is 1.69 bits per heavy atom. The van der Waals surface area contributed by atoms with Crippen molar-refractivity contribution < 1.29 is 23.5 Å². The topological polar surface area (TPSA) is 77.5 Å². The van der Waals surface area contributed by atoms with Gasteiger partial charge in [0.2, 0.25) is 0 Å². The summed E-state index contributed by atoms with van der Waals surface area (Å²) in [6.45, 7) is -0.360. The highest BCUT2D eigenvalue weighted by molar-refractivity contribution is 5.94. The van der Waals surface area contributed by atoms with Gasteiger partial charge in [0, 0.05) is 17.1 Å². The first-order valence-corrected chi connectivity index (χ1v) is 9.88. The Morgan fingerprint density at radius 1 is 0.906 bits per heavy atom. The number of carbonyl (C=O) groups excluding carboxylic acids is 2. The number of aromatic nitrogens is 1. The van der Waals surface area contributed by atoms with Gasteiger partial charge in [-0.3, -0.25) is 9.78 Å². The van der Waals surface area contributed by atoms with Crippen LogP contribution in [0.3, 0.4) is 0 Å². The fraction of sp³-hybridized carbons (Fsp3) is 0.0800. The molecule has 7 heteroatoms. The van der Waals surface area contributed by atoms with Crippen molar-refractivity contribution in [3.8, 4) is 5.75 Å². The Balaban J connectivity index is 1.40. The summed E-state index contributed by atoms with van der Waals surface area (Å²) in [5.74, 6) is -1.51. The highest BCUT2D eigenvalue weighted by Crippen LogP contribution is 2.22. The number of carbonyl (C=O) groups is 2. The van der Waals surface area contributed by atoms with Crippen LogP contribution in [0, 0.1) is 5.82 Å². The second kappa shape index (κ2) is 9.70. The van der Waals surface area contributed by atoms with Gasteiger partial charge in [0.1, 0.15) is 23.7 Å². The average molecular weight is 430 g/mol. The number of hydrogen-bond donors (Lipinski definition) is 1. The number of halogens is 1. The minimum Gasteiger partial charge on any atom is -0.483 e. The molecule has 1 N–H and O–H groups in total. The zero-order valence-electron chi connectivity index (χ0n) is 17.0. The van der Waals surface area contributed by atoms with Gasteiger partial charge in [-0.05, 0) is 30.3 Å². The van der Waals surface area contributed by atoms with Crippen molar-refractivity contribution in [3.05, 3.63) is 102 Å². The third-order valence-electron chi connectivity index (χ3n) is 4.69. The van der Waals surface area contributed by atoms with E-state index in [1.165, 1.54) is 18.2 Å². The van der Waals surface area contributed by atoms with Crippen molar-refractivity contribution in [1.29, 1.82) is 0 Å². The molecule has 6 nitrogen and oxygen atoms in total. The van der Waals surface area contributed by atoms with Crippen molar-refractivity contribution in [3.63, 3.8) is 0 Å². The van der Waals surface area contributed by atoms with Gasteiger partial charge in [0.15, 0.2) is 6.61 Å². The molecule has 1 heterocycles. The largest absolute Gasteiger partial charge is 0.483 e. The summed E-state index contributed by atoms with van der Waals surface area (Å²) in [5, 5.41) is 3.38. The van der Waals surface area contributed by atoms with E-state index in [1.54, 1.807) is 36.5 Å². The summed E-state index contributed by atoms with van der Waals surface area (Å²) < 4.78 is 24.7. The Bertz CT molecular complexity index is 1270. The molecule has 4 aromatic rings. The number of fused-ring (bicyclic) bond motifs is 1. The smallest absolute Gasteiger partial charge is 0.342 e. The van der Waals surface area contributed by atoms with Gasteiger partial charge in [0.05, 0.1) is 11.2 Å². The average Bonchev–Trinajstić information content (AvgIpc) is 2.83. The Hall–Kier alpha value is -4.26. The van der Waals surface area contributed by atoms with E-state index in [4.69, 9.17) is 9.47 Å². The summed E-state index contributed by atoms with van der Waals surface area (Å²) in [6, 6.07) is 21.7. The van der Waals surface area contributed by atoms with Crippen LogP contribution in [-0.2, 0) is 16.1 Å². The van der Waals surface area contributed by atoms with Gasteiger partial charge >= 0.3 is 5.97 Å². The van der Waals surface area contributed by atoms with Crippen LogP contribution in [0.4, 0.5) is 10.1 Å². The summed E-state index contributed by atoms with van der Waals surface area (Å²) >= 11 is 0. The fourth-order valence-corrected chi connectivity index (χ4v) is 3.16. The first-order valence-electron chi connectivity index (χ1n) is 9.88. The van der Waals surface area contributed by atoms with Crippen LogP contribution < -0.4 is 10.1 Å². The molecule has 32 heavy (non-hydrogen) atoms. The number of amides is 1. The zero-order valence-corrected chi connectivity index (χ0v) is 17.0. The molecule has 0 unspecified atom stereocenters. The molecule has 3 aromatic carbocycles. The number of para-hydroxylation sites is 3. The Morgan fingerprint density at radius 3 is 2.56 bits per heavy atom. The van der Waals surface area contributed by atoms with Crippen LogP contribution in [0.1, 0.15) is 15.9 Å². The summed E-state index contributed by atoms with van der Waals surface area (Å²) in [4.78, 5) is 29.2. The van der Waals surface area contributed by atoms with Gasteiger partial charge in [-0.25, -0.2) is 9.18 Å². The van der Waals surface area contributed by atoms with Gasteiger partial charge in [-0.1, -0.05) is 48.5 Å². The summed E-state index contributed by atoms with van der Waals surface area (Å²) in [6.07, 6.45) is 1.68. The number of benzene rings is 3. The maximum absolute atomic E-state index is 13.7. The SMILES string of the molecule is O=C(COc1ccccc1C(=O)OCc1cccc2cccnc12)Nc1ccccc1F. The maximum Gasteiger partial charge on any atom is 0.342 e. The maximum atomic E-state index is 13.7. The first-order chi connectivity index (χ1) is 15.6. The molecule has 0 aliphatic rings. The van der Waals surface area contributed by atoms with E-state index >= 15 is 0 Å². The predicted molar refractivity (Wildman–Crippen MR) is 118 cm³/mol. The minimum absolute atomic E-state index is 0.0370. The van der Waals surface area contributed by atoms with Crippen molar-refractivity contribution >= 4 is 28.5 Å². The van der Waals surface area contributed by atoms with E-state index in [0.717, 1.165) is 16.5 Å². The lowest BCUT2D eigenvalue weighted by Crippen LogP contribution is -2.21. The molecule has 0 radical (unpaired) electrons. The van der Waals surface area contributed by atoms with Crippen LogP contribution in [0.5, 0.6) is 5.75 Å². The molecule has 0 spiro atoms. The molecular weight excluding hydrogens is 411 g/mol. The van der Waals surface area contributed by atoms with Crippen LogP contribution in [-0.4, -0.2) is 23.5 Å². The number of pyridine rings is 1. The second-order valence-electron chi connectivity index (χ2n) is 6.88. The standard InChI is InChI=1S/C25H19FN2O4/c26-20-11-2-3-12-21(20)28-23(29)16-31-22-13-4-1-10-19(22)25(30)32-15-18-8-5-7-17-9-6-14-27-24(17)18/h1-14H,15-16H2,(H,28,29). The second-order valence-corrected chi connectivity index (χ2v) is 6.88. The van der Waals surface area contributed by atoms with Crippen LogP contribution in [0.25, 0.3) is 10.9 Å². The third-order valence-corrected chi connectivity index (χ3v) is 4.69. The lowest BCUT2D eigenvalue weighted by atomic mass is 10.1. The van der Waals surface area contributed by atoms with Gasteiger partial charge < -0.3 is 14.8 Å². The minimum atomic E-state index is -0.594. The molecule has 0 fully saturated rings. The van der Waals surface area contributed by atoms with Crippen LogP contribution in [0.2, 0.25) is 0 Å². The van der Waals surface area contributed by atoms with Crippen molar-refractivity contribution in [2.45, 2.75) is 6.61 Å². The molecule has 1 amide bonds. The quantitative estimate of drug-likeness (QED) is 0.428. The van der Waals surface area contributed by atoms with Gasteiger partial charge in [-0.15, -0.1) is 0 Å². The molecule has 0 saturated carbocycles. The van der Waals surface area contributed by atoms with Crippen molar-refractivity contribution in [2.24, 2.45) is 0 Å². The molecule has 0 bridgehead atoms. The molecule has 0 aliphatic carbocycles. The van der Waals surface area contributed by atoms with Crippen LogP contribution in [0.15, 0.2) is 85.1 Å². The number of esters is 1. The number of nitrogens with zero attached hydrogens (tertiary/aromatic N) is 1. The molecule has 1 aromatic heterocycles. The Kier molecular flexibility index (Phi) is 6.36. The molecular formula is C25H19FN2O4. The van der Waals surface area contributed by atoms with E-state index in [2.05, 4.69) is 10.3 Å². The van der Waals surface area contributed by atoms with E-state index in [-0.39, 0.29) is 23.6 Å². The summed E-state index contributed by atoms with van der Waals surface area (Å²) in [5.41, 5.74) is 1.77. The monoisotopic (exact) mass is 430 g/mol. The molecule has 4 rings (SSSR count). The molecule has 0 atom stereocenters. The zero-order chi connectivity index (χ0) is 22.3. The lowest BCUT2D eigenvalue weighted by molar-refractivity contribution is -0.118. The van der Waals surface area contributed by atoms with Crippen molar-refractivity contribution in [1.82, 2.24) is 4.98 Å². The normalized spacial score (nSPS) is 10.5. The number of hydrogen-bond acceptors (Lipinski definition) is 5. The highest BCUT2D eigenvalue weighted by atomic mass is 19.1.